The van der Waals surface area contributed by atoms with Crippen LogP contribution in [0.5, 0.6) is 11.5 Å². The Morgan fingerprint density at radius 3 is 2.48 bits per heavy atom. The van der Waals surface area contributed by atoms with Gasteiger partial charge in [0.15, 0.2) is 0 Å². The minimum Gasteiger partial charge on any atom is -0.497 e. The number of ether oxygens (including phenoxy) is 2. The van der Waals surface area contributed by atoms with Gasteiger partial charge in [-0.25, -0.2) is 5.43 Å². The Labute approximate surface area is 133 Å². The van der Waals surface area contributed by atoms with Crippen LogP contribution < -0.4 is 14.9 Å². The number of esters is 1. The van der Waals surface area contributed by atoms with E-state index in [1.807, 2.05) is 0 Å². The molecule has 23 heavy (non-hydrogen) atoms. The lowest BCUT2D eigenvalue weighted by Crippen LogP contribution is -2.17. The predicted molar refractivity (Wildman–Crippen MR) is 85.8 cm³/mol. The summed E-state index contributed by atoms with van der Waals surface area (Å²) in [6.45, 7) is 1.33. The smallest absolute Gasteiger partial charge is 0.308 e. The normalized spacial score (nSPS) is 10.3. The van der Waals surface area contributed by atoms with Crippen molar-refractivity contribution in [2.45, 2.75) is 6.92 Å². The average Bonchev–Trinajstić information content (AvgIpc) is 2.54. The van der Waals surface area contributed by atoms with E-state index in [1.54, 1.807) is 55.6 Å². The van der Waals surface area contributed by atoms with Crippen molar-refractivity contribution in [3.05, 3.63) is 59.7 Å². The fourth-order valence-electron chi connectivity index (χ4n) is 1.80. The molecule has 6 heteroatoms. The van der Waals surface area contributed by atoms with Gasteiger partial charge in [0.25, 0.3) is 5.91 Å². The average molecular weight is 312 g/mol. The third-order valence-electron chi connectivity index (χ3n) is 2.85. The third kappa shape index (κ3) is 4.96. The number of rotatable bonds is 5. The second-order valence-corrected chi connectivity index (χ2v) is 4.59. The van der Waals surface area contributed by atoms with Gasteiger partial charge in [-0.15, -0.1) is 0 Å². The lowest BCUT2D eigenvalue weighted by molar-refractivity contribution is -0.131. The summed E-state index contributed by atoms with van der Waals surface area (Å²) in [5, 5.41) is 3.88. The lowest BCUT2D eigenvalue weighted by Gasteiger charge is -2.03. The van der Waals surface area contributed by atoms with Crippen LogP contribution in [0.3, 0.4) is 0 Å². The van der Waals surface area contributed by atoms with Gasteiger partial charge in [-0.2, -0.15) is 5.10 Å². The van der Waals surface area contributed by atoms with Gasteiger partial charge in [0.05, 0.1) is 13.3 Å². The van der Waals surface area contributed by atoms with Crippen molar-refractivity contribution in [2.75, 3.05) is 7.11 Å². The Bertz CT molecular complexity index is 724. The molecule has 2 aromatic carbocycles. The summed E-state index contributed by atoms with van der Waals surface area (Å²) >= 11 is 0. The number of nitrogens with one attached hydrogen (secondary N) is 1. The molecule has 0 aromatic heterocycles. The molecule has 118 valence electrons. The molecule has 0 spiro atoms. The standard InChI is InChI=1S/C17H16N2O4/c1-12(20)23-16-5-3-4-13(10-16)11-18-19-17(21)14-6-8-15(22-2)9-7-14/h3-11H,1-2H3,(H,19,21)/b18-11-. The number of hydrogen-bond acceptors (Lipinski definition) is 5. The predicted octanol–water partition coefficient (Wildman–Crippen LogP) is 2.38. The van der Waals surface area contributed by atoms with Crippen molar-refractivity contribution in [2.24, 2.45) is 5.10 Å². The molecule has 0 saturated heterocycles. The van der Waals surface area contributed by atoms with Gasteiger partial charge < -0.3 is 9.47 Å². The van der Waals surface area contributed by atoms with Gasteiger partial charge in [0.2, 0.25) is 0 Å². The molecule has 6 nitrogen and oxygen atoms in total. The van der Waals surface area contributed by atoms with Gasteiger partial charge >= 0.3 is 5.97 Å². The topological polar surface area (TPSA) is 77.0 Å². The van der Waals surface area contributed by atoms with E-state index in [0.29, 0.717) is 22.6 Å². The maximum absolute atomic E-state index is 11.9. The van der Waals surface area contributed by atoms with Crippen LogP contribution in [-0.4, -0.2) is 25.2 Å². The van der Waals surface area contributed by atoms with Gasteiger partial charge in [-0.05, 0) is 42.0 Å². The van der Waals surface area contributed by atoms with Crippen LogP contribution in [0.25, 0.3) is 0 Å². The Morgan fingerprint density at radius 1 is 1.09 bits per heavy atom. The Morgan fingerprint density at radius 2 is 1.83 bits per heavy atom. The second kappa shape index (κ2) is 7.74. The highest BCUT2D eigenvalue weighted by atomic mass is 16.5. The number of amides is 1. The Kier molecular flexibility index (Phi) is 5.46. The van der Waals surface area contributed by atoms with Gasteiger partial charge in [0.1, 0.15) is 11.5 Å². The van der Waals surface area contributed by atoms with E-state index in [2.05, 4.69) is 10.5 Å². The summed E-state index contributed by atoms with van der Waals surface area (Å²) in [5.41, 5.74) is 3.59. The monoisotopic (exact) mass is 312 g/mol. The largest absolute Gasteiger partial charge is 0.497 e. The van der Waals surface area contributed by atoms with Crippen molar-refractivity contribution in [1.82, 2.24) is 5.43 Å². The molecule has 2 aromatic rings. The number of hydrazone groups is 1. The summed E-state index contributed by atoms with van der Waals surface area (Å²) in [6, 6.07) is 13.5. The molecule has 0 atom stereocenters. The number of methoxy groups -OCH3 is 1. The van der Waals surface area contributed by atoms with E-state index in [-0.39, 0.29) is 5.91 Å². The molecule has 0 aliphatic rings. The summed E-state index contributed by atoms with van der Waals surface area (Å²) in [4.78, 5) is 22.8. The molecule has 0 heterocycles. The van der Waals surface area contributed by atoms with Crippen LogP contribution in [0.15, 0.2) is 53.6 Å². The van der Waals surface area contributed by atoms with E-state index in [1.165, 1.54) is 13.1 Å². The fourth-order valence-corrected chi connectivity index (χ4v) is 1.80. The molecule has 1 N–H and O–H groups in total. The summed E-state index contributed by atoms with van der Waals surface area (Å²) in [5.74, 6) is 0.363. The van der Waals surface area contributed by atoms with E-state index in [0.717, 1.165) is 0 Å². The van der Waals surface area contributed by atoms with Crippen LogP contribution >= 0.6 is 0 Å². The van der Waals surface area contributed by atoms with Crippen LogP contribution in [0.2, 0.25) is 0 Å². The van der Waals surface area contributed by atoms with Gasteiger partial charge in [-0.1, -0.05) is 12.1 Å². The molecular weight excluding hydrogens is 296 g/mol. The summed E-state index contributed by atoms with van der Waals surface area (Å²) < 4.78 is 10.0. The maximum atomic E-state index is 11.9. The van der Waals surface area contributed by atoms with Crippen molar-refractivity contribution in [3.8, 4) is 11.5 Å². The van der Waals surface area contributed by atoms with Crippen LogP contribution in [0, 0.1) is 0 Å². The first-order valence-corrected chi connectivity index (χ1v) is 6.84. The minimum absolute atomic E-state index is 0.333. The summed E-state index contributed by atoms with van der Waals surface area (Å²) in [7, 11) is 1.56. The molecule has 0 aliphatic carbocycles. The van der Waals surface area contributed by atoms with Crippen molar-refractivity contribution in [1.29, 1.82) is 0 Å². The molecule has 1 amide bonds. The van der Waals surface area contributed by atoms with Crippen molar-refractivity contribution < 1.29 is 19.1 Å². The van der Waals surface area contributed by atoms with E-state index in [9.17, 15) is 9.59 Å². The number of benzene rings is 2. The van der Waals surface area contributed by atoms with E-state index in [4.69, 9.17) is 9.47 Å². The first kappa shape index (κ1) is 16.2. The maximum Gasteiger partial charge on any atom is 0.308 e. The molecule has 2 rings (SSSR count). The first-order valence-electron chi connectivity index (χ1n) is 6.84. The quantitative estimate of drug-likeness (QED) is 0.398. The van der Waals surface area contributed by atoms with Crippen molar-refractivity contribution >= 4 is 18.1 Å². The lowest BCUT2D eigenvalue weighted by atomic mass is 10.2. The highest BCUT2D eigenvalue weighted by Crippen LogP contribution is 2.12. The zero-order valence-corrected chi connectivity index (χ0v) is 12.8. The van der Waals surface area contributed by atoms with Crippen LogP contribution in [-0.2, 0) is 4.79 Å². The fraction of sp³-hybridized carbons (Fsp3) is 0.118. The molecular formula is C17H16N2O4. The molecule has 0 unspecified atom stereocenters. The molecule has 0 saturated carbocycles. The van der Waals surface area contributed by atoms with Crippen LogP contribution in [0.4, 0.5) is 0 Å². The second-order valence-electron chi connectivity index (χ2n) is 4.59. The summed E-state index contributed by atoms with van der Waals surface area (Å²) in [6.07, 6.45) is 1.47. The molecule has 0 bridgehead atoms. The van der Waals surface area contributed by atoms with Gasteiger partial charge in [-0.3, -0.25) is 9.59 Å². The third-order valence-corrected chi connectivity index (χ3v) is 2.85. The van der Waals surface area contributed by atoms with E-state index >= 15 is 0 Å². The number of hydrogen-bond donors (Lipinski definition) is 1. The molecule has 0 fully saturated rings. The van der Waals surface area contributed by atoms with Crippen LogP contribution in [0.1, 0.15) is 22.8 Å². The minimum atomic E-state index is -0.396. The van der Waals surface area contributed by atoms with E-state index < -0.39 is 5.97 Å². The first-order chi connectivity index (χ1) is 11.1. The number of carbonyl (C=O) groups is 2. The SMILES string of the molecule is COc1ccc(C(=O)N/N=C\c2cccc(OC(C)=O)c2)cc1. The molecule has 0 aliphatic heterocycles. The zero-order valence-electron chi connectivity index (χ0n) is 12.8. The number of carbonyl (C=O) groups excluding carboxylic acids is 2. The Hall–Kier alpha value is -3.15. The highest BCUT2D eigenvalue weighted by molar-refractivity contribution is 5.95. The highest BCUT2D eigenvalue weighted by Gasteiger charge is 2.04. The number of nitrogens with zero attached hydrogens (tertiary/aromatic N) is 1. The Balaban J connectivity index is 1.97. The zero-order chi connectivity index (χ0) is 16.7. The molecule has 0 radical (unpaired) electrons. The van der Waals surface area contributed by atoms with Crippen molar-refractivity contribution in [3.63, 3.8) is 0 Å². The van der Waals surface area contributed by atoms with Gasteiger partial charge in [0, 0.05) is 12.5 Å².